The number of halogens is 4. The predicted octanol–water partition coefficient (Wildman–Crippen LogP) is 5.06. The fourth-order valence-electron chi connectivity index (χ4n) is 4.01. The summed E-state index contributed by atoms with van der Waals surface area (Å²) in [6.45, 7) is 9.03. The van der Waals surface area contributed by atoms with E-state index in [9.17, 15) is 18.0 Å². The Bertz CT molecular complexity index is 913. The standard InChI is InChI=1S/C21H24ClF3N2O2/c1-12-7-17(20(28)11-26-9-13(2)29-14(3)10-26)15(4)27(12)16-5-6-19(22)18(8-16)21(23,24)25/h5-8,13-14H,9-11H2,1-4H3. The molecular formula is C21H24ClF3N2O2. The smallest absolute Gasteiger partial charge is 0.373 e. The molecule has 4 nitrogen and oxygen atoms in total. The Kier molecular flexibility index (Phi) is 6.13. The molecule has 2 unspecified atom stereocenters. The minimum Gasteiger partial charge on any atom is -0.373 e. The van der Waals surface area contributed by atoms with Crippen LogP contribution in [0.4, 0.5) is 13.2 Å². The lowest BCUT2D eigenvalue weighted by Crippen LogP contribution is -2.47. The van der Waals surface area contributed by atoms with Crippen molar-refractivity contribution in [2.24, 2.45) is 0 Å². The van der Waals surface area contributed by atoms with Gasteiger partial charge in [0, 0.05) is 35.7 Å². The van der Waals surface area contributed by atoms with Crippen molar-refractivity contribution in [3.05, 3.63) is 51.8 Å². The fourth-order valence-corrected chi connectivity index (χ4v) is 4.24. The first-order valence-corrected chi connectivity index (χ1v) is 9.82. The lowest BCUT2D eigenvalue weighted by Gasteiger charge is -2.34. The monoisotopic (exact) mass is 428 g/mol. The summed E-state index contributed by atoms with van der Waals surface area (Å²) in [6, 6.07) is 5.50. The van der Waals surface area contributed by atoms with Gasteiger partial charge in [0.25, 0.3) is 0 Å². The topological polar surface area (TPSA) is 34.5 Å². The van der Waals surface area contributed by atoms with Crippen molar-refractivity contribution in [1.82, 2.24) is 9.47 Å². The summed E-state index contributed by atoms with van der Waals surface area (Å²) in [4.78, 5) is 15.0. The van der Waals surface area contributed by atoms with Gasteiger partial charge in [-0.25, -0.2) is 0 Å². The van der Waals surface area contributed by atoms with Crippen LogP contribution in [0.3, 0.4) is 0 Å². The molecule has 2 atom stereocenters. The van der Waals surface area contributed by atoms with E-state index in [2.05, 4.69) is 4.90 Å². The second kappa shape index (κ2) is 8.13. The Hall–Kier alpha value is -1.83. The lowest BCUT2D eigenvalue weighted by molar-refractivity contribution is -0.137. The zero-order valence-corrected chi connectivity index (χ0v) is 17.6. The van der Waals surface area contributed by atoms with Gasteiger partial charge < -0.3 is 9.30 Å². The number of carbonyl (C=O) groups excluding carboxylic acids is 1. The van der Waals surface area contributed by atoms with Crippen molar-refractivity contribution >= 4 is 17.4 Å². The van der Waals surface area contributed by atoms with Crippen molar-refractivity contribution in [1.29, 1.82) is 0 Å². The Morgan fingerprint density at radius 2 is 1.79 bits per heavy atom. The predicted molar refractivity (Wildman–Crippen MR) is 106 cm³/mol. The third-order valence-electron chi connectivity index (χ3n) is 5.11. The van der Waals surface area contributed by atoms with E-state index in [4.69, 9.17) is 16.3 Å². The van der Waals surface area contributed by atoms with Crippen molar-refractivity contribution in [2.45, 2.75) is 46.1 Å². The van der Waals surface area contributed by atoms with E-state index in [1.54, 1.807) is 24.5 Å². The number of morpholine rings is 1. The molecule has 0 spiro atoms. The van der Waals surface area contributed by atoms with Gasteiger partial charge in [0.05, 0.1) is 29.3 Å². The summed E-state index contributed by atoms with van der Waals surface area (Å²) in [7, 11) is 0. The van der Waals surface area contributed by atoms with Crippen LogP contribution >= 0.6 is 11.6 Å². The SMILES string of the molecule is Cc1cc(C(=O)CN2CC(C)OC(C)C2)c(C)n1-c1ccc(Cl)c(C(F)(F)F)c1. The molecule has 3 rings (SSSR count). The quantitative estimate of drug-likeness (QED) is 0.638. The molecular weight excluding hydrogens is 405 g/mol. The molecule has 0 amide bonds. The van der Waals surface area contributed by atoms with Crippen molar-refractivity contribution in [2.75, 3.05) is 19.6 Å². The van der Waals surface area contributed by atoms with Gasteiger partial charge in [0.1, 0.15) is 0 Å². The van der Waals surface area contributed by atoms with E-state index >= 15 is 0 Å². The zero-order chi connectivity index (χ0) is 21.5. The number of benzene rings is 1. The number of hydrogen-bond donors (Lipinski definition) is 0. The molecule has 158 valence electrons. The van der Waals surface area contributed by atoms with Gasteiger partial charge in [0.15, 0.2) is 5.78 Å². The minimum absolute atomic E-state index is 0.0499. The first-order chi connectivity index (χ1) is 13.5. The molecule has 1 aromatic heterocycles. The van der Waals surface area contributed by atoms with Gasteiger partial charge in [-0.2, -0.15) is 13.2 Å². The fraction of sp³-hybridized carbons (Fsp3) is 0.476. The number of rotatable bonds is 4. The first-order valence-electron chi connectivity index (χ1n) is 9.44. The van der Waals surface area contributed by atoms with E-state index in [0.29, 0.717) is 35.7 Å². The van der Waals surface area contributed by atoms with Gasteiger partial charge in [-0.3, -0.25) is 9.69 Å². The summed E-state index contributed by atoms with van der Waals surface area (Å²) in [6.07, 6.45) is -4.45. The number of hydrogen-bond acceptors (Lipinski definition) is 3. The molecule has 0 bridgehead atoms. The van der Waals surface area contributed by atoms with Crippen molar-refractivity contribution in [3.63, 3.8) is 0 Å². The third-order valence-corrected chi connectivity index (χ3v) is 5.44. The van der Waals surface area contributed by atoms with Crippen LogP contribution in [0.1, 0.15) is 41.2 Å². The van der Waals surface area contributed by atoms with Gasteiger partial charge in [0.2, 0.25) is 0 Å². The molecule has 1 fully saturated rings. The molecule has 0 saturated carbocycles. The number of ketones is 1. The van der Waals surface area contributed by atoms with E-state index in [1.165, 1.54) is 12.1 Å². The van der Waals surface area contributed by atoms with Crippen LogP contribution in [0.15, 0.2) is 24.3 Å². The number of Topliss-reactive ketones (excluding diaryl/α,β-unsaturated/α-hetero) is 1. The molecule has 1 aliphatic rings. The molecule has 0 aliphatic carbocycles. The maximum absolute atomic E-state index is 13.2. The molecule has 29 heavy (non-hydrogen) atoms. The van der Waals surface area contributed by atoms with Crippen LogP contribution in [0.2, 0.25) is 5.02 Å². The van der Waals surface area contributed by atoms with Gasteiger partial charge >= 0.3 is 6.18 Å². The Labute approximate surface area is 173 Å². The highest BCUT2D eigenvalue weighted by Crippen LogP contribution is 2.36. The summed E-state index contributed by atoms with van der Waals surface area (Å²) in [5.41, 5.74) is 1.23. The van der Waals surface area contributed by atoms with E-state index in [1.807, 2.05) is 13.8 Å². The van der Waals surface area contributed by atoms with Crippen LogP contribution in [-0.2, 0) is 10.9 Å². The van der Waals surface area contributed by atoms with Gasteiger partial charge in [-0.1, -0.05) is 11.6 Å². The second-order valence-corrected chi connectivity index (χ2v) is 8.06. The molecule has 0 N–H and O–H groups in total. The van der Waals surface area contributed by atoms with E-state index in [0.717, 1.165) is 6.07 Å². The number of alkyl halides is 3. The molecule has 1 aromatic carbocycles. The number of ether oxygens (including phenoxy) is 1. The molecule has 8 heteroatoms. The summed E-state index contributed by atoms with van der Waals surface area (Å²) in [5.74, 6) is -0.0596. The summed E-state index contributed by atoms with van der Waals surface area (Å²) < 4.78 is 47.1. The lowest BCUT2D eigenvalue weighted by atomic mass is 10.1. The molecule has 2 heterocycles. The number of carbonyl (C=O) groups is 1. The molecule has 2 aromatic rings. The van der Waals surface area contributed by atoms with Crippen LogP contribution in [-0.4, -0.2) is 47.1 Å². The average molecular weight is 429 g/mol. The molecule has 1 saturated heterocycles. The van der Waals surface area contributed by atoms with E-state index < -0.39 is 11.7 Å². The Balaban J connectivity index is 1.90. The zero-order valence-electron chi connectivity index (χ0n) is 16.8. The maximum atomic E-state index is 13.2. The van der Waals surface area contributed by atoms with Gasteiger partial charge in [-0.05, 0) is 52.0 Å². The highest BCUT2D eigenvalue weighted by atomic mass is 35.5. The summed E-state index contributed by atoms with van der Waals surface area (Å²) in [5, 5.41) is -0.351. The van der Waals surface area contributed by atoms with Crippen LogP contribution in [0, 0.1) is 13.8 Å². The molecule has 1 aliphatic heterocycles. The summed E-state index contributed by atoms with van der Waals surface area (Å²) >= 11 is 5.74. The highest BCUT2D eigenvalue weighted by Gasteiger charge is 2.34. The number of nitrogens with zero attached hydrogens (tertiary/aromatic N) is 2. The van der Waals surface area contributed by atoms with Crippen molar-refractivity contribution < 1.29 is 22.7 Å². The first kappa shape index (κ1) is 21.9. The largest absolute Gasteiger partial charge is 0.417 e. The maximum Gasteiger partial charge on any atom is 0.417 e. The average Bonchev–Trinajstić information content (AvgIpc) is 2.88. The third kappa shape index (κ3) is 4.68. The Morgan fingerprint density at radius 1 is 1.17 bits per heavy atom. The minimum atomic E-state index is -4.55. The van der Waals surface area contributed by atoms with Crippen LogP contribution in [0.25, 0.3) is 5.69 Å². The van der Waals surface area contributed by atoms with Crippen molar-refractivity contribution in [3.8, 4) is 5.69 Å². The highest BCUT2D eigenvalue weighted by molar-refractivity contribution is 6.31. The van der Waals surface area contributed by atoms with Crippen LogP contribution in [0.5, 0.6) is 0 Å². The molecule has 0 radical (unpaired) electrons. The normalized spacial score (nSPS) is 20.8. The van der Waals surface area contributed by atoms with E-state index in [-0.39, 0.29) is 29.6 Å². The number of aryl methyl sites for hydroxylation is 1. The second-order valence-electron chi connectivity index (χ2n) is 7.66. The number of aromatic nitrogens is 1. The Morgan fingerprint density at radius 3 is 2.38 bits per heavy atom. The van der Waals surface area contributed by atoms with Gasteiger partial charge in [-0.15, -0.1) is 0 Å². The van der Waals surface area contributed by atoms with Crippen LogP contribution < -0.4 is 0 Å².